The van der Waals surface area contributed by atoms with Gasteiger partial charge in [0.05, 0.1) is 19.4 Å². The molecule has 1 aliphatic rings. The average Bonchev–Trinajstić information content (AvgIpc) is 3.07. The van der Waals surface area contributed by atoms with E-state index < -0.39 is 0 Å². The van der Waals surface area contributed by atoms with Crippen LogP contribution in [0, 0.1) is 0 Å². The first kappa shape index (κ1) is 19.7. The van der Waals surface area contributed by atoms with Gasteiger partial charge in [-0.3, -0.25) is 4.90 Å². The van der Waals surface area contributed by atoms with E-state index in [0.717, 1.165) is 64.1 Å². The Morgan fingerprint density at radius 1 is 1.28 bits per heavy atom. The number of aromatic nitrogens is 1. The number of ether oxygens (including phenoxy) is 1. The van der Waals surface area contributed by atoms with Crippen LogP contribution in [-0.4, -0.2) is 61.8 Å². The molecule has 0 unspecified atom stereocenters. The van der Waals surface area contributed by atoms with Gasteiger partial charge in [-0.1, -0.05) is 20.8 Å². The number of nitrogens with one attached hydrogen (secondary N) is 2. The number of guanidine groups is 1. The first-order valence-corrected chi connectivity index (χ1v) is 9.26. The lowest BCUT2D eigenvalue weighted by Crippen LogP contribution is -2.40. The summed E-state index contributed by atoms with van der Waals surface area (Å²) in [4.78, 5) is 11.3. The molecule has 1 aliphatic heterocycles. The monoisotopic (exact) mass is 351 g/mol. The Labute approximate surface area is 151 Å². The highest BCUT2D eigenvalue weighted by molar-refractivity contribution is 5.79. The van der Waals surface area contributed by atoms with E-state index in [1.165, 1.54) is 0 Å². The van der Waals surface area contributed by atoms with E-state index in [0.29, 0.717) is 12.4 Å². The molecule has 7 heteroatoms. The second-order valence-corrected chi connectivity index (χ2v) is 7.30. The molecule has 0 saturated carbocycles. The zero-order valence-electron chi connectivity index (χ0n) is 16.1. The van der Waals surface area contributed by atoms with Gasteiger partial charge in [-0.05, 0) is 19.9 Å². The molecule has 1 fully saturated rings. The largest absolute Gasteiger partial charge is 0.443 e. The quantitative estimate of drug-likeness (QED) is 0.443. The molecule has 0 amide bonds. The summed E-state index contributed by atoms with van der Waals surface area (Å²) in [5.41, 5.74) is -0.0306. The fraction of sp³-hybridized carbons (Fsp3) is 0.778. The van der Waals surface area contributed by atoms with Crippen LogP contribution >= 0.6 is 0 Å². The molecular weight excluding hydrogens is 318 g/mol. The van der Waals surface area contributed by atoms with E-state index in [1.54, 1.807) is 6.20 Å². The molecule has 0 spiro atoms. The maximum atomic E-state index is 5.79. The maximum absolute atomic E-state index is 5.79. The van der Waals surface area contributed by atoms with Gasteiger partial charge in [0.2, 0.25) is 5.89 Å². The third kappa shape index (κ3) is 7.04. The Bertz CT molecular complexity index is 530. The van der Waals surface area contributed by atoms with Crippen molar-refractivity contribution in [3.05, 3.63) is 17.8 Å². The second kappa shape index (κ2) is 9.77. The Morgan fingerprint density at radius 2 is 2.04 bits per heavy atom. The minimum Gasteiger partial charge on any atom is -0.443 e. The molecule has 2 rings (SSSR count). The SMILES string of the molecule is CCNC(=NCc1ncc(C(C)(C)C)o1)NCCCN1CCOCC1. The van der Waals surface area contributed by atoms with Gasteiger partial charge in [-0.25, -0.2) is 9.98 Å². The Balaban J connectivity index is 1.76. The second-order valence-electron chi connectivity index (χ2n) is 7.30. The van der Waals surface area contributed by atoms with Crippen LogP contribution in [0.5, 0.6) is 0 Å². The Hall–Kier alpha value is -1.60. The van der Waals surface area contributed by atoms with Crippen LogP contribution in [0.1, 0.15) is 45.8 Å². The molecule has 2 heterocycles. The van der Waals surface area contributed by atoms with Crippen molar-refractivity contribution >= 4 is 5.96 Å². The van der Waals surface area contributed by atoms with Crippen LogP contribution in [0.3, 0.4) is 0 Å². The van der Waals surface area contributed by atoms with Crippen molar-refractivity contribution in [1.29, 1.82) is 0 Å². The van der Waals surface area contributed by atoms with Gasteiger partial charge in [0.25, 0.3) is 0 Å². The fourth-order valence-corrected chi connectivity index (χ4v) is 2.55. The Kier molecular flexibility index (Phi) is 7.71. The molecule has 1 saturated heterocycles. The molecule has 0 atom stereocenters. The van der Waals surface area contributed by atoms with E-state index in [1.807, 2.05) is 0 Å². The number of oxazole rings is 1. The van der Waals surface area contributed by atoms with Gasteiger partial charge in [0.15, 0.2) is 5.96 Å². The van der Waals surface area contributed by atoms with Gasteiger partial charge in [-0.2, -0.15) is 0 Å². The van der Waals surface area contributed by atoms with Gasteiger partial charge >= 0.3 is 0 Å². The minimum absolute atomic E-state index is 0.0306. The third-order valence-electron chi connectivity index (χ3n) is 4.06. The normalized spacial score (nSPS) is 16.9. The summed E-state index contributed by atoms with van der Waals surface area (Å²) in [6.07, 6.45) is 2.88. The van der Waals surface area contributed by atoms with Crippen molar-refractivity contribution in [1.82, 2.24) is 20.5 Å². The summed E-state index contributed by atoms with van der Waals surface area (Å²) < 4.78 is 11.2. The van der Waals surface area contributed by atoms with Crippen LogP contribution in [0.4, 0.5) is 0 Å². The van der Waals surface area contributed by atoms with Crippen LogP contribution in [0.25, 0.3) is 0 Å². The summed E-state index contributed by atoms with van der Waals surface area (Å²) in [5, 5.41) is 6.64. The van der Waals surface area contributed by atoms with Crippen molar-refractivity contribution in [2.75, 3.05) is 45.9 Å². The molecule has 7 nitrogen and oxygen atoms in total. The lowest BCUT2D eigenvalue weighted by atomic mass is 9.94. The van der Waals surface area contributed by atoms with Crippen molar-refractivity contribution in [3.8, 4) is 0 Å². The van der Waals surface area contributed by atoms with Crippen LogP contribution < -0.4 is 10.6 Å². The van der Waals surface area contributed by atoms with Crippen molar-refractivity contribution in [2.45, 2.75) is 46.1 Å². The summed E-state index contributed by atoms with van der Waals surface area (Å²) in [6, 6.07) is 0. The maximum Gasteiger partial charge on any atom is 0.216 e. The first-order chi connectivity index (χ1) is 12.0. The van der Waals surface area contributed by atoms with E-state index in [9.17, 15) is 0 Å². The van der Waals surface area contributed by atoms with E-state index in [-0.39, 0.29) is 5.41 Å². The molecule has 1 aromatic heterocycles. The highest BCUT2D eigenvalue weighted by Gasteiger charge is 2.19. The predicted molar refractivity (Wildman–Crippen MR) is 99.9 cm³/mol. The number of rotatable bonds is 7. The van der Waals surface area contributed by atoms with Crippen LogP contribution in [0.2, 0.25) is 0 Å². The highest BCUT2D eigenvalue weighted by atomic mass is 16.5. The molecule has 0 aliphatic carbocycles. The van der Waals surface area contributed by atoms with Gasteiger partial charge in [-0.15, -0.1) is 0 Å². The smallest absolute Gasteiger partial charge is 0.216 e. The van der Waals surface area contributed by atoms with Gasteiger partial charge in [0.1, 0.15) is 12.3 Å². The van der Waals surface area contributed by atoms with E-state index in [2.05, 4.69) is 53.2 Å². The summed E-state index contributed by atoms with van der Waals surface area (Å²) in [7, 11) is 0. The van der Waals surface area contributed by atoms with Crippen molar-refractivity contribution < 1.29 is 9.15 Å². The number of nitrogens with zero attached hydrogens (tertiary/aromatic N) is 3. The molecular formula is C18H33N5O2. The zero-order chi connectivity index (χ0) is 18.1. The van der Waals surface area contributed by atoms with E-state index >= 15 is 0 Å². The van der Waals surface area contributed by atoms with Crippen molar-refractivity contribution in [2.24, 2.45) is 4.99 Å². The molecule has 2 N–H and O–H groups in total. The lowest BCUT2D eigenvalue weighted by molar-refractivity contribution is 0.0376. The molecule has 0 aromatic carbocycles. The number of hydrogen-bond donors (Lipinski definition) is 2. The fourth-order valence-electron chi connectivity index (χ4n) is 2.55. The molecule has 0 bridgehead atoms. The molecule has 1 aromatic rings. The van der Waals surface area contributed by atoms with Crippen LogP contribution in [0.15, 0.2) is 15.6 Å². The van der Waals surface area contributed by atoms with Crippen molar-refractivity contribution in [3.63, 3.8) is 0 Å². The molecule has 142 valence electrons. The minimum atomic E-state index is -0.0306. The standard InChI is InChI=1S/C18H33N5O2/c1-5-19-17(20-7-6-8-23-9-11-24-12-10-23)22-14-16-21-13-15(25-16)18(2,3)4/h13H,5-12,14H2,1-4H3,(H2,19,20,22). The topological polar surface area (TPSA) is 74.9 Å². The molecule has 0 radical (unpaired) electrons. The highest BCUT2D eigenvalue weighted by Crippen LogP contribution is 2.22. The summed E-state index contributed by atoms with van der Waals surface area (Å²) in [6.45, 7) is 15.4. The van der Waals surface area contributed by atoms with E-state index in [4.69, 9.17) is 9.15 Å². The Morgan fingerprint density at radius 3 is 2.68 bits per heavy atom. The zero-order valence-corrected chi connectivity index (χ0v) is 16.1. The van der Waals surface area contributed by atoms with Crippen LogP contribution in [-0.2, 0) is 16.7 Å². The summed E-state index contributed by atoms with van der Waals surface area (Å²) >= 11 is 0. The molecule has 25 heavy (non-hydrogen) atoms. The third-order valence-corrected chi connectivity index (χ3v) is 4.06. The number of aliphatic imine (C=N–C) groups is 1. The number of morpholine rings is 1. The number of hydrogen-bond acceptors (Lipinski definition) is 5. The van der Waals surface area contributed by atoms with Gasteiger partial charge in [0, 0.05) is 31.6 Å². The van der Waals surface area contributed by atoms with Gasteiger partial charge < -0.3 is 19.8 Å². The lowest BCUT2D eigenvalue weighted by Gasteiger charge is -2.26. The first-order valence-electron chi connectivity index (χ1n) is 9.26. The summed E-state index contributed by atoms with van der Waals surface area (Å²) in [5.74, 6) is 2.34. The average molecular weight is 351 g/mol. The predicted octanol–water partition coefficient (Wildman–Crippen LogP) is 1.75.